The quantitative estimate of drug-likeness (QED) is 0.138. The number of rotatable bonds is 11. The van der Waals surface area contributed by atoms with Gasteiger partial charge in [-0.3, -0.25) is 9.36 Å². The van der Waals surface area contributed by atoms with Gasteiger partial charge in [-0.15, -0.1) is 0 Å². The second kappa shape index (κ2) is 11.2. The minimum Gasteiger partial charge on any atom is -0.465 e. The number of aryl methyl sites for hydroxylation is 2. The standard InChI is InChI=1S/C33H38N6O3/c1-22-10-8-13-27-30(22)25(20-37(27)2)21-39(3,4)16-9-17-42-29(40)18-28(23-11-6-5-7-12-23)38-32-26(35-33(38)41)19-34-31(36-32)24-14-15-24/h5-8,10-13,19-20,24,28H,9,14-18,21H2,1-4H3/p+1/t28-/m1/s1. The molecule has 2 aromatic carbocycles. The Kier molecular flexibility index (Phi) is 7.45. The molecule has 1 fully saturated rings. The van der Waals surface area contributed by atoms with Crippen LogP contribution in [0.2, 0.25) is 0 Å². The number of nitrogens with one attached hydrogen (secondary N) is 1. The molecule has 218 valence electrons. The fourth-order valence-corrected chi connectivity index (χ4v) is 6.08. The molecular weight excluding hydrogens is 528 g/mol. The molecule has 1 aliphatic rings. The van der Waals surface area contributed by atoms with E-state index < -0.39 is 6.04 Å². The van der Waals surface area contributed by atoms with Gasteiger partial charge in [0, 0.05) is 42.0 Å². The number of aromatic amines is 1. The maximum Gasteiger partial charge on any atom is 0.328 e. The van der Waals surface area contributed by atoms with Crippen molar-refractivity contribution < 1.29 is 14.0 Å². The van der Waals surface area contributed by atoms with Crippen molar-refractivity contribution in [3.05, 3.63) is 93.9 Å². The molecule has 3 heterocycles. The zero-order valence-corrected chi connectivity index (χ0v) is 24.8. The van der Waals surface area contributed by atoms with Crippen molar-refractivity contribution in [1.82, 2.24) is 24.1 Å². The summed E-state index contributed by atoms with van der Waals surface area (Å²) in [7, 11) is 6.52. The lowest BCUT2D eigenvalue weighted by Gasteiger charge is -2.29. The van der Waals surface area contributed by atoms with Crippen LogP contribution in [0.3, 0.4) is 0 Å². The highest BCUT2D eigenvalue weighted by Crippen LogP contribution is 2.38. The lowest BCUT2D eigenvalue weighted by Crippen LogP contribution is -2.40. The monoisotopic (exact) mass is 567 g/mol. The fourth-order valence-electron chi connectivity index (χ4n) is 6.08. The Morgan fingerprint density at radius 3 is 2.69 bits per heavy atom. The molecule has 42 heavy (non-hydrogen) atoms. The second-order valence-electron chi connectivity index (χ2n) is 12.3. The predicted molar refractivity (Wildman–Crippen MR) is 163 cm³/mol. The van der Waals surface area contributed by atoms with Gasteiger partial charge in [0.25, 0.3) is 0 Å². The number of nitrogens with zero attached hydrogens (tertiary/aromatic N) is 5. The smallest absolute Gasteiger partial charge is 0.328 e. The van der Waals surface area contributed by atoms with Crippen LogP contribution in [-0.2, 0) is 23.1 Å². The third-order valence-corrected chi connectivity index (χ3v) is 8.34. The Labute approximate surface area is 245 Å². The summed E-state index contributed by atoms with van der Waals surface area (Å²) < 4.78 is 10.3. The molecule has 0 unspecified atom stereocenters. The number of aromatic nitrogens is 5. The number of quaternary nitrogens is 1. The molecule has 0 radical (unpaired) electrons. The first-order valence-corrected chi connectivity index (χ1v) is 14.7. The normalized spacial score (nSPS) is 14.5. The summed E-state index contributed by atoms with van der Waals surface area (Å²) in [5.74, 6) is 0.765. The number of carbonyl (C=O) groups is 1. The third-order valence-electron chi connectivity index (χ3n) is 8.34. The maximum absolute atomic E-state index is 13.2. The van der Waals surface area contributed by atoms with E-state index in [0.29, 0.717) is 23.7 Å². The van der Waals surface area contributed by atoms with Crippen LogP contribution >= 0.6 is 0 Å². The third kappa shape index (κ3) is 5.74. The van der Waals surface area contributed by atoms with E-state index in [1.54, 1.807) is 10.8 Å². The number of imidazole rings is 1. The zero-order valence-electron chi connectivity index (χ0n) is 24.8. The van der Waals surface area contributed by atoms with Crippen LogP contribution in [0.4, 0.5) is 0 Å². The van der Waals surface area contributed by atoms with Gasteiger partial charge in [-0.05, 0) is 37.0 Å². The SMILES string of the molecule is Cc1cccc2c1c(C[N+](C)(C)CCCOC(=O)C[C@H](c1ccccc1)n1c(=O)[nH]c3cnc(C4CC4)nc31)cn2C. The zero-order chi connectivity index (χ0) is 29.4. The van der Waals surface area contributed by atoms with E-state index in [2.05, 4.69) is 67.0 Å². The Hall–Kier alpha value is -4.24. The number of carbonyl (C=O) groups excluding carboxylic acids is 1. The molecule has 6 rings (SSSR count). The van der Waals surface area contributed by atoms with Gasteiger partial charge in [0.1, 0.15) is 17.9 Å². The van der Waals surface area contributed by atoms with E-state index in [0.717, 1.165) is 48.2 Å². The number of H-pyrrole nitrogens is 1. The van der Waals surface area contributed by atoms with Crippen molar-refractivity contribution in [2.24, 2.45) is 7.05 Å². The van der Waals surface area contributed by atoms with Gasteiger partial charge in [-0.2, -0.15) is 0 Å². The molecule has 3 aromatic heterocycles. The van der Waals surface area contributed by atoms with E-state index >= 15 is 0 Å². The summed E-state index contributed by atoms with van der Waals surface area (Å²) in [6.45, 7) is 4.24. The van der Waals surface area contributed by atoms with Gasteiger partial charge in [0.15, 0.2) is 5.65 Å². The first-order valence-electron chi connectivity index (χ1n) is 14.7. The molecule has 1 saturated carbocycles. The van der Waals surface area contributed by atoms with Crippen molar-refractivity contribution in [3.63, 3.8) is 0 Å². The van der Waals surface area contributed by atoms with E-state index in [-0.39, 0.29) is 18.1 Å². The Morgan fingerprint density at radius 1 is 1.14 bits per heavy atom. The van der Waals surface area contributed by atoms with Crippen LogP contribution < -0.4 is 5.69 Å². The highest BCUT2D eigenvalue weighted by atomic mass is 16.5. The van der Waals surface area contributed by atoms with E-state index in [9.17, 15) is 9.59 Å². The largest absolute Gasteiger partial charge is 0.465 e. The van der Waals surface area contributed by atoms with Gasteiger partial charge < -0.3 is 18.8 Å². The predicted octanol–water partition coefficient (Wildman–Crippen LogP) is 4.99. The maximum atomic E-state index is 13.2. The van der Waals surface area contributed by atoms with Crippen LogP contribution in [0, 0.1) is 6.92 Å². The van der Waals surface area contributed by atoms with Gasteiger partial charge in [0.2, 0.25) is 0 Å². The summed E-state index contributed by atoms with van der Waals surface area (Å²) in [6, 6.07) is 15.5. The average Bonchev–Trinajstić information content (AvgIpc) is 3.70. The fraction of sp³-hybridized carbons (Fsp3) is 0.394. The molecular formula is C33H39N6O3+. The number of hydrogen-bond acceptors (Lipinski definition) is 5. The first kappa shape index (κ1) is 27.9. The molecule has 0 spiro atoms. The van der Waals surface area contributed by atoms with Crippen molar-refractivity contribution in [2.75, 3.05) is 27.2 Å². The Bertz CT molecular complexity index is 1800. The molecule has 0 bridgehead atoms. The Balaban J connectivity index is 1.12. The molecule has 1 aliphatic carbocycles. The summed E-state index contributed by atoms with van der Waals surface area (Å²) in [4.78, 5) is 38.4. The Morgan fingerprint density at radius 2 is 1.93 bits per heavy atom. The second-order valence-corrected chi connectivity index (χ2v) is 12.3. The molecule has 9 nitrogen and oxygen atoms in total. The lowest BCUT2D eigenvalue weighted by molar-refractivity contribution is -0.903. The minimum absolute atomic E-state index is 0.0349. The van der Waals surface area contributed by atoms with Gasteiger partial charge >= 0.3 is 11.7 Å². The van der Waals surface area contributed by atoms with E-state index in [1.807, 2.05) is 30.3 Å². The van der Waals surface area contributed by atoms with Crippen molar-refractivity contribution in [3.8, 4) is 0 Å². The molecule has 1 atom stereocenters. The van der Waals surface area contributed by atoms with Crippen LogP contribution in [0.25, 0.3) is 22.1 Å². The number of benzene rings is 2. The van der Waals surface area contributed by atoms with Gasteiger partial charge in [0.05, 0.1) is 45.9 Å². The van der Waals surface area contributed by atoms with Crippen molar-refractivity contribution in [2.45, 2.75) is 51.1 Å². The highest BCUT2D eigenvalue weighted by molar-refractivity contribution is 5.87. The van der Waals surface area contributed by atoms with Crippen molar-refractivity contribution in [1.29, 1.82) is 0 Å². The van der Waals surface area contributed by atoms with Crippen LogP contribution in [0.15, 0.2) is 65.7 Å². The van der Waals surface area contributed by atoms with E-state index in [1.165, 1.54) is 22.0 Å². The number of esters is 1. The molecule has 0 saturated heterocycles. The number of ether oxygens (including phenoxy) is 1. The summed E-state index contributed by atoms with van der Waals surface area (Å²) >= 11 is 0. The summed E-state index contributed by atoms with van der Waals surface area (Å²) in [6.07, 6.45) is 6.80. The first-order chi connectivity index (χ1) is 20.2. The van der Waals surface area contributed by atoms with Crippen molar-refractivity contribution >= 4 is 28.0 Å². The van der Waals surface area contributed by atoms with Gasteiger partial charge in [-0.25, -0.2) is 14.8 Å². The molecule has 0 amide bonds. The number of hydrogen-bond donors (Lipinski definition) is 1. The van der Waals surface area contributed by atoms with Crippen LogP contribution in [-0.4, -0.2) is 61.8 Å². The van der Waals surface area contributed by atoms with Gasteiger partial charge in [-0.1, -0.05) is 42.5 Å². The number of fused-ring (bicyclic) bond motifs is 2. The molecule has 9 heteroatoms. The van der Waals surface area contributed by atoms with E-state index in [4.69, 9.17) is 9.72 Å². The highest BCUT2D eigenvalue weighted by Gasteiger charge is 2.29. The topological polar surface area (TPSA) is 94.8 Å². The lowest BCUT2D eigenvalue weighted by atomic mass is 10.0. The molecule has 0 aliphatic heterocycles. The van der Waals surface area contributed by atoms with Crippen LogP contribution in [0.1, 0.15) is 60.2 Å². The van der Waals surface area contributed by atoms with Crippen LogP contribution in [0.5, 0.6) is 0 Å². The summed E-state index contributed by atoms with van der Waals surface area (Å²) in [5.41, 5.74) is 5.51. The molecule has 5 aromatic rings. The average molecular weight is 568 g/mol. The summed E-state index contributed by atoms with van der Waals surface area (Å²) in [5, 5.41) is 1.33. The molecule has 1 N–H and O–H groups in total. The minimum atomic E-state index is -0.538.